The Morgan fingerprint density at radius 3 is 2.48 bits per heavy atom. The van der Waals surface area contributed by atoms with Crippen LogP contribution in [-0.4, -0.2) is 18.4 Å². The van der Waals surface area contributed by atoms with Crippen molar-refractivity contribution in [2.24, 2.45) is 5.92 Å². The quantitative estimate of drug-likeness (QED) is 0.629. The van der Waals surface area contributed by atoms with Gasteiger partial charge in [-0.2, -0.15) is 0 Å². The van der Waals surface area contributed by atoms with Gasteiger partial charge in [-0.3, -0.25) is 9.59 Å². The van der Waals surface area contributed by atoms with Crippen molar-refractivity contribution < 1.29 is 14.3 Å². The number of amides is 1. The standard InChI is InChI=1S/C21H23NO3/c1-4-16-6-8-18(9-7-16)22-13-17(12-20(22)23)21(24)25-19-10-5-14(2)15(3)11-19/h5-11,17H,4,12-13H2,1-3H3/t17-/m0/s1. The molecule has 1 amide bonds. The Hall–Kier alpha value is -2.62. The maximum Gasteiger partial charge on any atom is 0.316 e. The average molecular weight is 337 g/mol. The van der Waals surface area contributed by atoms with Gasteiger partial charge in [0.1, 0.15) is 5.75 Å². The van der Waals surface area contributed by atoms with Crippen molar-refractivity contribution in [1.29, 1.82) is 0 Å². The smallest absolute Gasteiger partial charge is 0.316 e. The molecule has 0 N–H and O–H groups in total. The van der Waals surface area contributed by atoms with E-state index >= 15 is 0 Å². The number of carbonyl (C=O) groups is 2. The van der Waals surface area contributed by atoms with E-state index in [0.29, 0.717) is 12.3 Å². The predicted octanol–water partition coefficient (Wildman–Crippen LogP) is 3.82. The third kappa shape index (κ3) is 3.73. The Labute approximate surface area is 148 Å². The average Bonchev–Trinajstić information content (AvgIpc) is 3.00. The zero-order chi connectivity index (χ0) is 18.0. The van der Waals surface area contributed by atoms with Crippen LogP contribution in [0.3, 0.4) is 0 Å². The molecule has 1 aliphatic rings. The Balaban J connectivity index is 1.68. The van der Waals surface area contributed by atoms with Gasteiger partial charge in [0.25, 0.3) is 0 Å². The molecule has 1 fully saturated rings. The SMILES string of the molecule is CCc1ccc(N2C[C@@H](C(=O)Oc3ccc(C)c(C)c3)CC2=O)cc1. The van der Waals surface area contributed by atoms with Crippen LogP contribution >= 0.6 is 0 Å². The predicted molar refractivity (Wildman–Crippen MR) is 97.8 cm³/mol. The summed E-state index contributed by atoms with van der Waals surface area (Å²) in [6.07, 6.45) is 1.15. The molecule has 25 heavy (non-hydrogen) atoms. The van der Waals surface area contributed by atoms with Gasteiger partial charge in [-0.25, -0.2) is 0 Å². The van der Waals surface area contributed by atoms with Crippen LogP contribution in [0.5, 0.6) is 5.75 Å². The lowest BCUT2D eigenvalue weighted by Gasteiger charge is -2.17. The molecule has 130 valence electrons. The largest absolute Gasteiger partial charge is 0.426 e. The van der Waals surface area contributed by atoms with Crippen molar-refractivity contribution in [3.8, 4) is 5.75 Å². The van der Waals surface area contributed by atoms with Crippen LogP contribution < -0.4 is 9.64 Å². The van der Waals surface area contributed by atoms with Crippen molar-refractivity contribution in [3.05, 3.63) is 59.2 Å². The third-order valence-electron chi connectivity index (χ3n) is 4.81. The van der Waals surface area contributed by atoms with Crippen LogP contribution in [0.25, 0.3) is 0 Å². The summed E-state index contributed by atoms with van der Waals surface area (Å²) in [6.45, 7) is 6.45. The molecule has 4 nitrogen and oxygen atoms in total. The van der Waals surface area contributed by atoms with Crippen LogP contribution in [0.2, 0.25) is 0 Å². The number of rotatable bonds is 4. The lowest BCUT2D eigenvalue weighted by atomic mass is 10.1. The summed E-state index contributed by atoms with van der Waals surface area (Å²) in [7, 11) is 0. The van der Waals surface area contributed by atoms with Crippen molar-refractivity contribution >= 4 is 17.6 Å². The highest BCUT2D eigenvalue weighted by Gasteiger charge is 2.36. The minimum Gasteiger partial charge on any atom is -0.426 e. The van der Waals surface area contributed by atoms with E-state index in [4.69, 9.17) is 4.74 Å². The second-order valence-corrected chi connectivity index (χ2v) is 6.59. The molecule has 1 saturated heterocycles. The highest BCUT2D eigenvalue weighted by molar-refractivity contribution is 5.99. The zero-order valence-corrected chi connectivity index (χ0v) is 14.9. The molecule has 2 aromatic carbocycles. The number of hydrogen-bond donors (Lipinski definition) is 0. The lowest BCUT2D eigenvalue weighted by molar-refractivity contribution is -0.139. The van der Waals surface area contributed by atoms with E-state index < -0.39 is 5.92 Å². The summed E-state index contributed by atoms with van der Waals surface area (Å²) in [5.74, 6) is -0.276. The van der Waals surface area contributed by atoms with Gasteiger partial charge in [-0.15, -0.1) is 0 Å². The summed E-state index contributed by atoms with van der Waals surface area (Å²) in [5.41, 5.74) is 4.28. The van der Waals surface area contributed by atoms with Gasteiger partial charge in [0.15, 0.2) is 0 Å². The molecule has 0 unspecified atom stereocenters. The zero-order valence-electron chi connectivity index (χ0n) is 14.9. The molecule has 0 saturated carbocycles. The minimum absolute atomic E-state index is 0.0358. The Kier molecular flexibility index (Phi) is 4.88. The first-order valence-corrected chi connectivity index (χ1v) is 8.66. The molecule has 3 rings (SSSR count). The van der Waals surface area contributed by atoms with Crippen molar-refractivity contribution in [3.63, 3.8) is 0 Å². The highest BCUT2D eigenvalue weighted by atomic mass is 16.5. The lowest BCUT2D eigenvalue weighted by Crippen LogP contribution is -2.27. The molecule has 2 aromatic rings. The van der Waals surface area contributed by atoms with Gasteiger partial charge >= 0.3 is 5.97 Å². The van der Waals surface area contributed by atoms with Gasteiger partial charge in [-0.1, -0.05) is 25.1 Å². The molecule has 0 aliphatic carbocycles. The number of benzene rings is 2. The molecule has 0 aromatic heterocycles. The number of anilines is 1. The first-order chi connectivity index (χ1) is 12.0. The fourth-order valence-corrected chi connectivity index (χ4v) is 3.00. The monoisotopic (exact) mass is 337 g/mol. The highest BCUT2D eigenvalue weighted by Crippen LogP contribution is 2.27. The fraction of sp³-hybridized carbons (Fsp3) is 0.333. The fourth-order valence-electron chi connectivity index (χ4n) is 3.00. The number of nitrogens with zero attached hydrogens (tertiary/aromatic N) is 1. The normalized spacial score (nSPS) is 17.0. The van der Waals surface area contributed by atoms with E-state index in [1.165, 1.54) is 5.56 Å². The third-order valence-corrected chi connectivity index (χ3v) is 4.81. The first-order valence-electron chi connectivity index (χ1n) is 8.66. The molecule has 1 heterocycles. The number of esters is 1. The second-order valence-electron chi connectivity index (χ2n) is 6.59. The van der Waals surface area contributed by atoms with Gasteiger partial charge in [0.05, 0.1) is 5.92 Å². The van der Waals surface area contributed by atoms with Crippen molar-refractivity contribution in [1.82, 2.24) is 0 Å². The van der Waals surface area contributed by atoms with Crippen LogP contribution in [0, 0.1) is 19.8 Å². The molecule has 0 spiro atoms. The summed E-state index contributed by atoms with van der Waals surface area (Å²) in [6, 6.07) is 13.5. The number of aryl methyl sites for hydroxylation is 3. The number of ether oxygens (including phenoxy) is 1. The van der Waals surface area contributed by atoms with Crippen LogP contribution in [0.1, 0.15) is 30.0 Å². The van der Waals surface area contributed by atoms with E-state index in [9.17, 15) is 9.59 Å². The van der Waals surface area contributed by atoms with Crippen LogP contribution in [-0.2, 0) is 16.0 Å². The first kappa shape index (κ1) is 17.2. The summed E-state index contributed by atoms with van der Waals surface area (Å²) in [5, 5.41) is 0. The van der Waals surface area contributed by atoms with E-state index in [0.717, 1.165) is 23.2 Å². The van der Waals surface area contributed by atoms with Gasteiger partial charge in [0, 0.05) is 18.7 Å². The molecule has 4 heteroatoms. The second kappa shape index (κ2) is 7.09. The molecular formula is C21H23NO3. The Bertz CT molecular complexity index is 795. The number of hydrogen-bond acceptors (Lipinski definition) is 3. The van der Waals surface area contributed by atoms with E-state index in [2.05, 4.69) is 6.92 Å². The maximum atomic E-state index is 12.4. The molecule has 1 aliphatic heterocycles. The maximum absolute atomic E-state index is 12.4. The van der Waals surface area contributed by atoms with Crippen molar-refractivity contribution in [2.45, 2.75) is 33.6 Å². The van der Waals surface area contributed by atoms with E-state index in [1.54, 1.807) is 11.0 Å². The topological polar surface area (TPSA) is 46.6 Å². The van der Waals surface area contributed by atoms with Gasteiger partial charge in [0.2, 0.25) is 5.91 Å². The van der Waals surface area contributed by atoms with Crippen LogP contribution in [0.15, 0.2) is 42.5 Å². The molecule has 0 radical (unpaired) electrons. The Morgan fingerprint density at radius 2 is 1.84 bits per heavy atom. The summed E-state index contributed by atoms with van der Waals surface area (Å²) >= 11 is 0. The molecular weight excluding hydrogens is 314 g/mol. The van der Waals surface area contributed by atoms with E-state index in [1.807, 2.05) is 50.2 Å². The van der Waals surface area contributed by atoms with Gasteiger partial charge < -0.3 is 9.64 Å². The Morgan fingerprint density at radius 1 is 1.12 bits per heavy atom. The molecule has 1 atom stereocenters. The van der Waals surface area contributed by atoms with E-state index in [-0.39, 0.29) is 18.3 Å². The van der Waals surface area contributed by atoms with Gasteiger partial charge in [-0.05, 0) is 61.2 Å². The molecule has 0 bridgehead atoms. The van der Waals surface area contributed by atoms with Crippen molar-refractivity contribution in [2.75, 3.05) is 11.4 Å². The van der Waals surface area contributed by atoms with Crippen LogP contribution in [0.4, 0.5) is 5.69 Å². The summed E-state index contributed by atoms with van der Waals surface area (Å²) < 4.78 is 5.49. The minimum atomic E-state index is -0.431. The summed E-state index contributed by atoms with van der Waals surface area (Å²) in [4.78, 5) is 26.4. The number of carbonyl (C=O) groups excluding carboxylic acids is 2.